The van der Waals surface area contributed by atoms with Gasteiger partial charge in [-0.1, -0.05) is 19.3 Å². The molecule has 0 aromatic rings. The van der Waals surface area contributed by atoms with Gasteiger partial charge in [-0.2, -0.15) is 0 Å². The van der Waals surface area contributed by atoms with Gasteiger partial charge in [0.1, 0.15) is 0 Å². The SMILES string of the molecule is CNC1CCC1CC1CCC1. The van der Waals surface area contributed by atoms with Crippen molar-refractivity contribution in [2.75, 3.05) is 7.05 Å². The van der Waals surface area contributed by atoms with Gasteiger partial charge in [-0.3, -0.25) is 0 Å². The zero-order valence-corrected chi connectivity index (χ0v) is 7.47. The van der Waals surface area contributed by atoms with E-state index < -0.39 is 0 Å². The lowest BCUT2D eigenvalue weighted by molar-refractivity contribution is 0.145. The van der Waals surface area contributed by atoms with Crippen molar-refractivity contribution in [3.63, 3.8) is 0 Å². The minimum Gasteiger partial charge on any atom is -0.317 e. The zero-order chi connectivity index (χ0) is 7.68. The predicted octanol–water partition coefficient (Wildman–Crippen LogP) is 2.17. The molecule has 0 saturated heterocycles. The highest BCUT2D eigenvalue weighted by atomic mass is 14.9. The lowest BCUT2D eigenvalue weighted by atomic mass is 9.70. The average molecular weight is 153 g/mol. The van der Waals surface area contributed by atoms with Crippen molar-refractivity contribution in [1.29, 1.82) is 0 Å². The summed E-state index contributed by atoms with van der Waals surface area (Å²) in [4.78, 5) is 0. The minimum atomic E-state index is 0.871. The topological polar surface area (TPSA) is 12.0 Å². The Morgan fingerprint density at radius 3 is 2.36 bits per heavy atom. The van der Waals surface area contributed by atoms with Gasteiger partial charge in [0, 0.05) is 6.04 Å². The fourth-order valence-corrected chi connectivity index (χ4v) is 2.39. The summed E-state index contributed by atoms with van der Waals surface area (Å²) in [6, 6.07) is 0.871. The monoisotopic (exact) mass is 153 g/mol. The summed E-state index contributed by atoms with van der Waals surface area (Å²) in [6.45, 7) is 0. The molecule has 1 heteroatoms. The Morgan fingerprint density at radius 1 is 1.18 bits per heavy atom. The Hall–Kier alpha value is -0.0400. The van der Waals surface area contributed by atoms with Gasteiger partial charge in [-0.05, 0) is 38.1 Å². The molecule has 0 spiro atoms. The maximum atomic E-state index is 3.41. The van der Waals surface area contributed by atoms with E-state index in [1.54, 1.807) is 0 Å². The van der Waals surface area contributed by atoms with Gasteiger partial charge < -0.3 is 5.32 Å². The number of hydrogen-bond donors (Lipinski definition) is 1. The Morgan fingerprint density at radius 2 is 2.00 bits per heavy atom. The van der Waals surface area contributed by atoms with Crippen molar-refractivity contribution in [1.82, 2.24) is 5.32 Å². The molecule has 0 aromatic heterocycles. The molecule has 2 unspecified atom stereocenters. The van der Waals surface area contributed by atoms with Crippen LogP contribution < -0.4 is 5.32 Å². The Labute approximate surface area is 69.6 Å². The van der Waals surface area contributed by atoms with Crippen LogP contribution >= 0.6 is 0 Å². The Bertz CT molecular complexity index is 127. The highest BCUT2D eigenvalue weighted by molar-refractivity contribution is 4.88. The van der Waals surface area contributed by atoms with Crippen LogP contribution in [0.3, 0.4) is 0 Å². The average Bonchev–Trinajstić information content (AvgIpc) is 1.83. The molecule has 0 heterocycles. The van der Waals surface area contributed by atoms with Gasteiger partial charge in [0.2, 0.25) is 0 Å². The van der Waals surface area contributed by atoms with Crippen LogP contribution in [0.25, 0.3) is 0 Å². The van der Waals surface area contributed by atoms with Crippen molar-refractivity contribution in [2.24, 2.45) is 11.8 Å². The van der Waals surface area contributed by atoms with Crippen LogP contribution in [0.5, 0.6) is 0 Å². The molecule has 2 rings (SSSR count). The van der Waals surface area contributed by atoms with E-state index >= 15 is 0 Å². The molecule has 1 nitrogen and oxygen atoms in total. The van der Waals surface area contributed by atoms with Crippen LogP contribution in [-0.4, -0.2) is 13.1 Å². The van der Waals surface area contributed by atoms with Crippen LogP contribution in [0.1, 0.15) is 38.5 Å². The van der Waals surface area contributed by atoms with E-state index in [2.05, 4.69) is 12.4 Å². The fraction of sp³-hybridized carbons (Fsp3) is 1.00. The summed E-state index contributed by atoms with van der Waals surface area (Å²) in [7, 11) is 2.11. The molecule has 0 bridgehead atoms. The smallest absolute Gasteiger partial charge is 0.00925 e. The van der Waals surface area contributed by atoms with Gasteiger partial charge in [0.15, 0.2) is 0 Å². The summed E-state index contributed by atoms with van der Waals surface area (Å²) in [5.41, 5.74) is 0. The Balaban J connectivity index is 1.69. The second-order valence-corrected chi connectivity index (χ2v) is 4.27. The summed E-state index contributed by atoms with van der Waals surface area (Å²) >= 11 is 0. The largest absolute Gasteiger partial charge is 0.317 e. The molecular weight excluding hydrogens is 134 g/mol. The first-order valence-corrected chi connectivity index (χ1v) is 5.07. The summed E-state index contributed by atoms with van der Waals surface area (Å²) in [6.07, 6.45) is 8.98. The quantitative estimate of drug-likeness (QED) is 0.655. The van der Waals surface area contributed by atoms with Crippen molar-refractivity contribution >= 4 is 0 Å². The third-order valence-corrected chi connectivity index (χ3v) is 3.65. The molecule has 2 aliphatic carbocycles. The number of nitrogens with one attached hydrogen (secondary N) is 1. The molecule has 2 fully saturated rings. The van der Waals surface area contributed by atoms with E-state index in [4.69, 9.17) is 0 Å². The van der Waals surface area contributed by atoms with Crippen molar-refractivity contribution in [3.05, 3.63) is 0 Å². The molecule has 2 aliphatic rings. The van der Waals surface area contributed by atoms with E-state index in [9.17, 15) is 0 Å². The lowest BCUT2D eigenvalue weighted by Gasteiger charge is -2.40. The highest BCUT2D eigenvalue weighted by Gasteiger charge is 2.32. The van der Waals surface area contributed by atoms with Gasteiger partial charge >= 0.3 is 0 Å². The van der Waals surface area contributed by atoms with Gasteiger partial charge in [-0.15, -0.1) is 0 Å². The standard InChI is InChI=1S/C10H19N/c1-11-10-6-5-9(10)7-8-3-2-4-8/h8-11H,2-7H2,1H3. The maximum absolute atomic E-state index is 3.41. The van der Waals surface area contributed by atoms with Gasteiger partial charge in [-0.25, -0.2) is 0 Å². The highest BCUT2D eigenvalue weighted by Crippen LogP contribution is 2.39. The third-order valence-electron chi connectivity index (χ3n) is 3.65. The lowest BCUT2D eigenvalue weighted by Crippen LogP contribution is -2.43. The Kier molecular flexibility index (Phi) is 2.17. The van der Waals surface area contributed by atoms with E-state index in [0.717, 1.165) is 17.9 Å². The molecule has 0 amide bonds. The van der Waals surface area contributed by atoms with E-state index in [1.165, 1.54) is 38.5 Å². The summed E-state index contributed by atoms with van der Waals surface area (Å²) < 4.78 is 0. The molecule has 1 N–H and O–H groups in total. The van der Waals surface area contributed by atoms with Crippen LogP contribution in [0, 0.1) is 11.8 Å². The maximum Gasteiger partial charge on any atom is 0.00925 e. The molecule has 0 radical (unpaired) electrons. The van der Waals surface area contributed by atoms with E-state index in [1.807, 2.05) is 0 Å². The molecule has 0 aliphatic heterocycles. The van der Waals surface area contributed by atoms with E-state index in [0.29, 0.717) is 0 Å². The normalized spacial score (nSPS) is 37.9. The molecular formula is C10H19N. The van der Waals surface area contributed by atoms with E-state index in [-0.39, 0.29) is 0 Å². The predicted molar refractivity (Wildman–Crippen MR) is 47.5 cm³/mol. The molecule has 2 atom stereocenters. The number of rotatable bonds is 3. The summed E-state index contributed by atoms with van der Waals surface area (Å²) in [5, 5.41) is 3.41. The van der Waals surface area contributed by atoms with Crippen LogP contribution in [0.15, 0.2) is 0 Å². The zero-order valence-electron chi connectivity index (χ0n) is 7.47. The van der Waals surface area contributed by atoms with Crippen molar-refractivity contribution in [2.45, 2.75) is 44.6 Å². The van der Waals surface area contributed by atoms with Crippen LogP contribution in [-0.2, 0) is 0 Å². The molecule has 64 valence electrons. The van der Waals surface area contributed by atoms with Gasteiger partial charge in [0.25, 0.3) is 0 Å². The molecule has 2 saturated carbocycles. The second-order valence-electron chi connectivity index (χ2n) is 4.27. The first-order valence-electron chi connectivity index (χ1n) is 5.07. The van der Waals surface area contributed by atoms with Crippen molar-refractivity contribution in [3.8, 4) is 0 Å². The minimum absolute atomic E-state index is 0.871. The fourth-order valence-electron chi connectivity index (χ4n) is 2.39. The third kappa shape index (κ3) is 1.44. The first-order chi connectivity index (χ1) is 5.40. The van der Waals surface area contributed by atoms with Crippen molar-refractivity contribution < 1.29 is 0 Å². The second kappa shape index (κ2) is 3.14. The van der Waals surface area contributed by atoms with Crippen LogP contribution in [0.2, 0.25) is 0 Å². The molecule has 11 heavy (non-hydrogen) atoms. The molecule has 0 aromatic carbocycles. The van der Waals surface area contributed by atoms with Gasteiger partial charge in [0.05, 0.1) is 0 Å². The summed E-state index contributed by atoms with van der Waals surface area (Å²) in [5.74, 6) is 2.14. The first kappa shape index (κ1) is 7.60. The van der Waals surface area contributed by atoms with Crippen LogP contribution in [0.4, 0.5) is 0 Å². The number of hydrogen-bond acceptors (Lipinski definition) is 1.